The van der Waals surface area contributed by atoms with E-state index in [0.717, 1.165) is 57.6 Å². The lowest BCUT2D eigenvalue weighted by atomic mass is 10.1. The molecular weight excluding hydrogens is 520 g/mol. The minimum absolute atomic E-state index is 0.431. The summed E-state index contributed by atoms with van der Waals surface area (Å²) in [5.74, 6) is 0.895. The molecule has 0 radical (unpaired) electrons. The molecule has 0 atom stereocenters. The molecule has 5 aromatic rings. The zero-order chi connectivity index (χ0) is 29.0. The summed E-state index contributed by atoms with van der Waals surface area (Å²) in [6, 6.07) is 37.2. The van der Waals surface area contributed by atoms with Gasteiger partial charge in [0.2, 0.25) is 0 Å². The Morgan fingerprint density at radius 1 is 0.690 bits per heavy atom. The van der Waals surface area contributed by atoms with E-state index in [1.165, 1.54) is 25.3 Å². The van der Waals surface area contributed by atoms with Gasteiger partial charge < -0.3 is 9.47 Å². The molecule has 5 aromatic carbocycles. The van der Waals surface area contributed by atoms with Crippen molar-refractivity contribution in [3.05, 3.63) is 127 Å². The minimum atomic E-state index is -0.431. The number of fused-ring (bicyclic) bond motifs is 1. The molecular formula is C37H34N2O3. The van der Waals surface area contributed by atoms with Crippen molar-refractivity contribution in [3.63, 3.8) is 0 Å². The molecule has 0 aliphatic carbocycles. The number of carbonyl (C=O) groups excluding carboxylic acids is 1. The van der Waals surface area contributed by atoms with Gasteiger partial charge in [-0.05, 0) is 77.0 Å². The van der Waals surface area contributed by atoms with E-state index in [4.69, 9.17) is 9.47 Å². The summed E-state index contributed by atoms with van der Waals surface area (Å²) in [5, 5.41) is 11.1. The van der Waals surface area contributed by atoms with E-state index in [1.807, 2.05) is 84.9 Å². The minimum Gasteiger partial charge on any atom is -0.494 e. The highest BCUT2D eigenvalue weighted by Crippen LogP contribution is 2.29. The normalized spacial score (nSPS) is 11.4. The first kappa shape index (κ1) is 28.5. The van der Waals surface area contributed by atoms with Gasteiger partial charge in [0.15, 0.2) is 0 Å². The molecule has 0 aromatic heterocycles. The van der Waals surface area contributed by atoms with Crippen LogP contribution in [0.3, 0.4) is 0 Å². The number of benzene rings is 5. The number of carbonyl (C=O) groups is 1. The van der Waals surface area contributed by atoms with E-state index in [0.29, 0.717) is 5.75 Å². The Kier molecular flexibility index (Phi) is 9.88. The van der Waals surface area contributed by atoms with E-state index in [-0.39, 0.29) is 0 Å². The van der Waals surface area contributed by atoms with E-state index in [1.54, 1.807) is 18.2 Å². The third-order valence-corrected chi connectivity index (χ3v) is 6.87. The van der Waals surface area contributed by atoms with Crippen LogP contribution in [0, 0.1) is 0 Å². The van der Waals surface area contributed by atoms with Crippen LogP contribution >= 0.6 is 0 Å². The van der Waals surface area contributed by atoms with Gasteiger partial charge >= 0.3 is 5.97 Å². The zero-order valence-corrected chi connectivity index (χ0v) is 23.8. The van der Waals surface area contributed by atoms with E-state index in [2.05, 4.69) is 35.4 Å². The van der Waals surface area contributed by atoms with Crippen molar-refractivity contribution in [3.8, 4) is 22.6 Å². The summed E-state index contributed by atoms with van der Waals surface area (Å²) < 4.78 is 11.3. The lowest BCUT2D eigenvalue weighted by Gasteiger charge is -2.06. The summed E-state index contributed by atoms with van der Waals surface area (Å²) in [5.41, 5.74) is 4.56. The molecule has 42 heavy (non-hydrogen) atoms. The third kappa shape index (κ3) is 8.01. The first-order chi connectivity index (χ1) is 20.7. The maximum atomic E-state index is 12.4. The number of hydrogen-bond acceptors (Lipinski definition) is 5. The Morgan fingerprint density at radius 3 is 2.14 bits per heavy atom. The molecule has 5 nitrogen and oxygen atoms in total. The molecule has 0 N–H and O–H groups in total. The van der Waals surface area contributed by atoms with Crippen molar-refractivity contribution >= 4 is 34.2 Å². The number of nitrogens with zero attached hydrogens (tertiary/aromatic N) is 2. The van der Waals surface area contributed by atoms with Gasteiger partial charge in [-0.1, -0.05) is 99.0 Å². The number of hydrogen-bond donors (Lipinski definition) is 0. The van der Waals surface area contributed by atoms with E-state index in [9.17, 15) is 4.79 Å². The second-order valence-electron chi connectivity index (χ2n) is 10.0. The number of ether oxygens (including phenoxy) is 2. The van der Waals surface area contributed by atoms with Gasteiger partial charge in [0, 0.05) is 11.5 Å². The smallest absolute Gasteiger partial charge is 0.336 e. The second kappa shape index (κ2) is 14.6. The lowest BCUT2D eigenvalue weighted by molar-refractivity contribution is -0.128. The van der Waals surface area contributed by atoms with Crippen molar-refractivity contribution in [2.75, 3.05) is 6.61 Å². The molecule has 0 unspecified atom stereocenters. The summed E-state index contributed by atoms with van der Waals surface area (Å²) in [4.78, 5) is 12.4. The highest BCUT2D eigenvalue weighted by atomic mass is 16.5. The molecule has 5 rings (SSSR count). The summed E-state index contributed by atoms with van der Waals surface area (Å²) in [6.07, 6.45) is 7.88. The van der Waals surface area contributed by atoms with Gasteiger partial charge in [-0.3, -0.25) is 0 Å². The molecule has 0 amide bonds. The maximum Gasteiger partial charge on any atom is 0.336 e. The molecule has 0 bridgehead atoms. The lowest BCUT2D eigenvalue weighted by Crippen LogP contribution is -2.03. The summed E-state index contributed by atoms with van der Waals surface area (Å²) >= 11 is 0. The standard InChI is InChI=1S/C37H34N2O3/c1-2-3-4-7-27-41-33-22-13-28(14-23-33)15-26-37(40)42-34-24-18-30(19-25-34)29-16-20-32(21-17-29)38-39-36-12-8-10-31-9-5-6-11-35(31)36/h5-6,8-26H,2-4,7,27H2,1H3/b26-15+,39-38?. The maximum absolute atomic E-state index is 12.4. The molecule has 0 heterocycles. The van der Waals surface area contributed by atoms with Gasteiger partial charge in [0.1, 0.15) is 11.5 Å². The van der Waals surface area contributed by atoms with Crippen molar-refractivity contribution in [1.82, 2.24) is 0 Å². The van der Waals surface area contributed by atoms with Crippen molar-refractivity contribution in [2.45, 2.75) is 32.6 Å². The van der Waals surface area contributed by atoms with Gasteiger partial charge in [0.05, 0.1) is 18.0 Å². The second-order valence-corrected chi connectivity index (χ2v) is 10.0. The monoisotopic (exact) mass is 554 g/mol. The van der Waals surface area contributed by atoms with Crippen LogP contribution in [0.1, 0.15) is 38.2 Å². The predicted octanol–water partition coefficient (Wildman–Crippen LogP) is 10.5. The Labute approximate surface area is 247 Å². The Hall–Kier alpha value is -5.03. The van der Waals surface area contributed by atoms with Crippen LogP contribution in [0.15, 0.2) is 132 Å². The summed E-state index contributed by atoms with van der Waals surface area (Å²) in [6.45, 7) is 2.92. The zero-order valence-electron chi connectivity index (χ0n) is 23.8. The van der Waals surface area contributed by atoms with Crippen molar-refractivity contribution < 1.29 is 14.3 Å². The average molecular weight is 555 g/mol. The Morgan fingerprint density at radius 2 is 1.38 bits per heavy atom. The fourth-order valence-corrected chi connectivity index (χ4v) is 4.55. The highest BCUT2D eigenvalue weighted by molar-refractivity contribution is 5.92. The number of azo groups is 1. The van der Waals surface area contributed by atoms with Crippen LogP contribution in [0.2, 0.25) is 0 Å². The molecule has 0 aliphatic heterocycles. The molecule has 5 heteroatoms. The van der Waals surface area contributed by atoms with E-state index >= 15 is 0 Å². The van der Waals surface area contributed by atoms with Crippen LogP contribution in [0.4, 0.5) is 11.4 Å². The van der Waals surface area contributed by atoms with Crippen LogP contribution in [0.5, 0.6) is 11.5 Å². The molecule has 0 aliphatic rings. The van der Waals surface area contributed by atoms with Crippen LogP contribution in [-0.2, 0) is 4.79 Å². The molecule has 0 saturated carbocycles. The quantitative estimate of drug-likeness (QED) is 0.0507. The van der Waals surface area contributed by atoms with Gasteiger partial charge in [-0.15, -0.1) is 5.11 Å². The Balaban J connectivity index is 1.12. The Bertz CT molecular complexity index is 1650. The topological polar surface area (TPSA) is 60.2 Å². The SMILES string of the molecule is CCCCCCOc1ccc(/C=C/C(=O)Oc2ccc(-c3ccc(N=Nc4cccc5ccccc45)cc3)cc2)cc1. The largest absolute Gasteiger partial charge is 0.494 e. The molecule has 0 fully saturated rings. The first-order valence-corrected chi connectivity index (χ1v) is 14.4. The first-order valence-electron chi connectivity index (χ1n) is 14.4. The van der Waals surface area contributed by atoms with Crippen LogP contribution in [-0.4, -0.2) is 12.6 Å². The predicted molar refractivity (Wildman–Crippen MR) is 171 cm³/mol. The fourth-order valence-electron chi connectivity index (χ4n) is 4.55. The average Bonchev–Trinajstić information content (AvgIpc) is 3.04. The number of unbranched alkanes of at least 4 members (excludes halogenated alkanes) is 3. The highest BCUT2D eigenvalue weighted by Gasteiger charge is 2.04. The fraction of sp³-hybridized carbons (Fsp3) is 0.162. The number of rotatable bonds is 12. The van der Waals surface area contributed by atoms with E-state index < -0.39 is 5.97 Å². The van der Waals surface area contributed by atoms with Gasteiger partial charge in [-0.2, -0.15) is 5.11 Å². The van der Waals surface area contributed by atoms with Gasteiger partial charge in [0.25, 0.3) is 0 Å². The summed E-state index contributed by atoms with van der Waals surface area (Å²) in [7, 11) is 0. The third-order valence-electron chi connectivity index (χ3n) is 6.87. The van der Waals surface area contributed by atoms with Crippen LogP contribution < -0.4 is 9.47 Å². The van der Waals surface area contributed by atoms with Crippen molar-refractivity contribution in [2.24, 2.45) is 10.2 Å². The van der Waals surface area contributed by atoms with Crippen molar-refractivity contribution in [1.29, 1.82) is 0 Å². The molecule has 0 spiro atoms. The molecule has 0 saturated heterocycles. The van der Waals surface area contributed by atoms with Crippen LogP contribution in [0.25, 0.3) is 28.0 Å². The molecule has 210 valence electrons. The van der Waals surface area contributed by atoms with Gasteiger partial charge in [-0.25, -0.2) is 4.79 Å². The number of esters is 1.